The molecule has 8 nitrogen and oxygen atoms in total. The van der Waals surface area contributed by atoms with E-state index in [-0.39, 0.29) is 17.7 Å². The summed E-state index contributed by atoms with van der Waals surface area (Å²) in [7, 11) is -4.24. The summed E-state index contributed by atoms with van der Waals surface area (Å²) in [5.41, 5.74) is 3.10. The summed E-state index contributed by atoms with van der Waals surface area (Å²) in [6, 6.07) is 8.23. The Labute approximate surface area is 233 Å². The van der Waals surface area contributed by atoms with Gasteiger partial charge in [-0.2, -0.15) is 5.10 Å². The highest BCUT2D eigenvalue weighted by molar-refractivity contribution is 7.89. The average molecular weight is 583 g/mol. The van der Waals surface area contributed by atoms with Gasteiger partial charge in [0, 0.05) is 29.3 Å². The quantitative estimate of drug-likeness (QED) is 0.284. The first-order valence-electron chi connectivity index (χ1n) is 12.4. The molecule has 3 N–H and O–H groups in total. The Morgan fingerprint density at radius 1 is 1.20 bits per heavy atom. The number of halogens is 2. The van der Waals surface area contributed by atoms with Gasteiger partial charge in [0.25, 0.3) is 0 Å². The van der Waals surface area contributed by atoms with E-state index in [1.807, 2.05) is 6.92 Å². The highest BCUT2D eigenvalue weighted by atomic mass is 32.2. The Hall–Kier alpha value is -3.92. The van der Waals surface area contributed by atoms with E-state index in [1.54, 1.807) is 16.8 Å². The number of carboxylic acids is 1. The smallest absolute Gasteiger partial charge is 0.355 e. The lowest BCUT2D eigenvalue weighted by atomic mass is 9.96. The lowest BCUT2D eigenvalue weighted by molar-refractivity contribution is 0.0691. The molecule has 12 heteroatoms. The van der Waals surface area contributed by atoms with Gasteiger partial charge in [0.2, 0.25) is 15.2 Å². The lowest BCUT2D eigenvalue weighted by Crippen LogP contribution is -2.14. The van der Waals surface area contributed by atoms with Crippen LogP contribution in [0.5, 0.6) is 0 Å². The Kier molecular flexibility index (Phi) is 7.55. The van der Waals surface area contributed by atoms with Crippen molar-refractivity contribution in [3.05, 3.63) is 81.5 Å². The number of aromatic nitrogens is 3. The van der Waals surface area contributed by atoms with Gasteiger partial charge in [-0.05, 0) is 61.1 Å². The summed E-state index contributed by atoms with van der Waals surface area (Å²) < 4.78 is 54.4. The van der Waals surface area contributed by atoms with Crippen LogP contribution in [-0.4, -0.2) is 34.3 Å². The fourth-order valence-electron chi connectivity index (χ4n) is 4.37. The van der Waals surface area contributed by atoms with E-state index in [9.17, 15) is 27.1 Å². The molecular formula is C28H24F2N4O4S2. The number of primary sulfonamides is 1. The molecule has 40 heavy (non-hydrogen) atoms. The van der Waals surface area contributed by atoms with E-state index >= 15 is 0 Å². The van der Waals surface area contributed by atoms with Gasteiger partial charge in [-0.3, -0.25) is 0 Å². The highest BCUT2D eigenvalue weighted by Crippen LogP contribution is 2.38. The van der Waals surface area contributed by atoms with Crippen molar-refractivity contribution in [2.45, 2.75) is 43.9 Å². The molecule has 2 heterocycles. The van der Waals surface area contributed by atoms with Crippen LogP contribution < -0.4 is 5.14 Å². The lowest BCUT2D eigenvalue weighted by Gasteiger charge is -2.10. The number of aromatic carboxylic acids is 1. The van der Waals surface area contributed by atoms with Crippen molar-refractivity contribution in [3.63, 3.8) is 0 Å². The Morgan fingerprint density at radius 2 is 1.98 bits per heavy atom. The molecule has 1 fully saturated rings. The minimum atomic E-state index is -4.24. The van der Waals surface area contributed by atoms with Crippen LogP contribution in [0.2, 0.25) is 0 Å². The first-order chi connectivity index (χ1) is 19.0. The number of benzene rings is 2. The van der Waals surface area contributed by atoms with Gasteiger partial charge >= 0.3 is 5.97 Å². The van der Waals surface area contributed by atoms with Crippen LogP contribution in [0, 0.1) is 29.4 Å². The zero-order chi connectivity index (χ0) is 28.6. The number of nitrogens with zero attached hydrogens (tertiary/aromatic N) is 3. The van der Waals surface area contributed by atoms with E-state index in [2.05, 4.69) is 16.8 Å². The van der Waals surface area contributed by atoms with Crippen molar-refractivity contribution in [1.82, 2.24) is 14.8 Å². The van der Waals surface area contributed by atoms with E-state index < -0.39 is 32.5 Å². The van der Waals surface area contributed by atoms with Crippen LogP contribution in [0.3, 0.4) is 0 Å². The number of rotatable bonds is 8. The molecule has 1 aliphatic carbocycles. The average Bonchev–Trinajstić information content (AvgIpc) is 3.45. The number of hydrogen-bond donors (Lipinski definition) is 2. The van der Waals surface area contributed by atoms with E-state index in [4.69, 9.17) is 10.2 Å². The number of thiazole rings is 1. The second-order valence-corrected chi connectivity index (χ2v) is 11.9. The Bertz CT molecular complexity index is 1800. The molecule has 0 bridgehead atoms. The molecule has 1 saturated carbocycles. The fourth-order valence-corrected chi connectivity index (χ4v) is 5.73. The number of hydrogen-bond acceptors (Lipinski definition) is 6. The molecule has 2 aromatic carbocycles. The molecule has 0 aliphatic heterocycles. The van der Waals surface area contributed by atoms with Crippen molar-refractivity contribution in [2.24, 2.45) is 11.1 Å². The monoisotopic (exact) mass is 582 g/mol. The molecule has 0 unspecified atom stereocenters. The second-order valence-electron chi connectivity index (χ2n) is 9.49. The number of carboxylic acid groups (broad SMARTS) is 1. The maximum absolute atomic E-state index is 14.8. The minimum absolute atomic E-state index is 0.115. The molecule has 0 radical (unpaired) electrons. The third-order valence-electron chi connectivity index (χ3n) is 6.48. The van der Waals surface area contributed by atoms with Crippen LogP contribution in [-0.2, 0) is 22.9 Å². The van der Waals surface area contributed by atoms with Gasteiger partial charge in [-0.25, -0.2) is 36.8 Å². The van der Waals surface area contributed by atoms with Gasteiger partial charge in [-0.15, -0.1) is 11.3 Å². The van der Waals surface area contributed by atoms with Gasteiger partial charge in [0.15, 0.2) is 5.69 Å². The molecule has 0 amide bonds. The zero-order valence-electron chi connectivity index (χ0n) is 21.3. The van der Waals surface area contributed by atoms with Crippen LogP contribution in [0.15, 0.2) is 46.7 Å². The van der Waals surface area contributed by atoms with Crippen molar-refractivity contribution < 1.29 is 27.1 Å². The van der Waals surface area contributed by atoms with Crippen LogP contribution in [0.4, 0.5) is 8.78 Å². The molecule has 0 spiro atoms. The summed E-state index contributed by atoms with van der Waals surface area (Å²) in [4.78, 5) is 15.2. The molecule has 5 rings (SSSR count). The van der Waals surface area contributed by atoms with Crippen molar-refractivity contribution >= 4 is 27.3 Å². The SMILES string of the molecule is CCC#Cc1cc(-c2nn(-c3nc(C(=O)O)cs3)c(CC3CC3)c2Cc2ccc(S(N)(=O)=O)c(F)c2)ccc1F. The van der Waals surface area contributed by atoms with E-state index in [0.29, 0.717) is 46.3 Å². The minimum Gasteiger partial charge on any atom is -0.476 e. The van der Waals surface area contributed by atoms with E-state index in [1.165, 1.54) is 17.5 Å². The summed E-state index contributed by atoms with van der Waals surface area (Å²) in [6.45, 7) is 1.86. The number of sulfonamides is 1. The maximum atomic E-state index is 14.8. The first-order valence-corrected chi connectivity index (χ1v) is 14.9. The molecule has 4 aromatic rings. The predicted molar refractivity (Wildman–Crippen MR) is 146 cm³/mol. The van der Waals surface area contributed by atoms with Crippen molar-refractivity contribution in [3.8, 4) is 28.2 Å². The standard InChI is InChI=1S/C28H24F2N4O4S2/c1-2-3-4-18-14-19(8-9-21(18)29)26-20(11-17-7-10-25(22(30)12-17)40(31,37)38)24(13-16-5-6-16)34(33-26)28-32-23(15-39-28)27(35)36/h7-10,12,14-16H,2,5-6,11,13H2,1H3,(H,35,36)(H2,31,37,38). The molecule has 2 aromatic heterocycles. The topological polar surface area (TPSA) is 128 Å². The summed E-state index contributed by atoms with van der Waals surface area (Å²) >= 11 is 1.13. The van der Waals surface area contributed by atoms with Crippen LogP contribution in [0.1, 0.15) is 59.1 Å². The van der Waals surface area contributed by atoms with Crippen LogP contribution in [0.25, 0.3) is 16.4 Å². The predicted octanol–water partition coefficient (Wildman–Crippen LogP) is 4.92. The van der Waals surface area contributed by atoms with Crippen LogP contribution >= 0.6 is 11.3 Å². The second kappa shape index (κ2) is 10.9. The number of carbonyl (C=O) groups is 1. The van der Waals surface area contributed by atoms with Gasteiger partial charge < -0.3 is 5.11 Å². The largest absolute Gasteiger partial charge is 0.476 e. The van der Waals surface area contributed by atoms with Gasteiger partial charge in [-0.1, -0.05) is 24.8 Å². The van der Waals surface area contributed by atoms with E-state index in [0.717, 1.165) is 42.0 Å². The fraction of sp³-hybridized carbons (Fsp3) is 0.250. The van der Waals surface area contributed by atoms with Gasteiger partial charge in [0.1, 0.15) is 16.5 Å². The Balaban J connectivity index is 1.70. The summed E-state index contributed by atoms with van der Waals surface area (Å²) in [5.74, 6) is 3.48. The molecular weight excluding hydrogens is 558 g/mol. The molecule has 0 atom stereocenters. The van der Waals surface area contributed by atoms with Crippen molar-refractivity contribution in [1.29, 1.82) is 0 Å². The first kappa shape index (κ1) is 27.6. The third-order valence-corrected chi connectivity index (χ3v) is 8.24. The third kappa shape index (κ3) is 5.82. The highest BCUT2D eigenvalue weighted by Gasteiger charge is 2.29. The normalized spacial score (nSPS) is 13.2. The molecule has 1 aliphatic rings. The number of nitrogens with two attached hydrogens (primary N) is 1. The van der Waals surface area contributed by atoms with Gasteiger partial charge in [0.05, 0.1) is 17.0 Å². The molecule has 206 valence electrons. The summed E-state index contributed by atoms with van der Waals surface area (Å²) in [6.07, 6.45) is 3.37. The Morgan fingerprint density at radius 3 is 2.60 bits per heavy atom. The maximum Gasteiger partial charge on any atom is 0.355 e. The summed E-state index contributed by atoms with van der Waals surface area (Å²) in [5, 5.41) is 21.1. The van der Waals surface area contributed by atoms with Crippen molar-refractivity contribution in [2.75, 3.05) is 0 Å². The molecule has 0 saturated heterocycles. The zero-order valence-corrected chi connectivity index (χ0v) is 23.0.